The second-order valence-electron chi connectivity index (χ2n) is 5.39. The third kappa shape index (κ3) is 2.98. The minimum absolute atomic E-state index is 0.0916. The van der Waals surface area contributed by atoms with Crippen molar-refractivity contribution < 1.29 is 30.7 Å². The van der Waals surface area contributed by atoms with Crippen LogP contribution in [0.25, 0.3) is 0 Å². The van der Waals surface area contributed by atoms with E-state index >= 15 is 0 Å². The quantitative estimate of drug-likeness (QED) is 0.766. The minimum atomic E-state index is -4.71. The standard InChI is InChI=1S/C16H12F4O3S/c17-9-6-10(18)8-11(7-9)23-14-4-5-15(24(21,22)16(19)20)13-3-1-2-12(13)14/h4-8,16H,1-3H2. The fraction of sp³-hybridized carbons (Fsp3) is 0.250. The highest BCUT2D eigenvalue weighted by molar-refractivity contribution is 7.91. The highest BCUT2D eigenvalue weighted by Gasteiger charge is 2.32. The molecule has 0 fully saturated rings. The molecule has 24 heavy (non-hydrogen) atoms. The molecule has 0 amide bonds. The van der Waals surface area contributed by atoms with Crippen LogP contribution in [0.4, 0.5) is 17.6 Å². The number of hydrogen-bond donors (Lipinski definition) is 0. The Hall–Kier alpha value is -2.09. The molecule has 0 heterocycles. The van der Waals surface area contributed by atoms with E-state index in [1.807, 2.05) is 0 Å². The molecule has 0 radical (unpaired) electrons. The first kappa shape index (κ1) is 16.8. The second-order valence-corrected chi connectivity index (χ2v) is 7.27. The highest BCUT2D eigenvalue weighted by Crippen LogP contribution is 2.38. The van der Waals surface area contributed by atoms with Crippen LogP contribution >= 0.6 is 0 Å². The van der Waals surface area contributed by atoms with Crippen molar-refractivity contribution in [3.05, 3.63) is 53.1 Å². The van der Waals surface area contributed by atoms with Gasteiger partial charge in [0.15, 0.2) is 0 Å². The fourth-order valence-electron chi connectivity index (χ4n) is 2.81. The molecular weight excluding hydrogens is 348 g/mol. The maximum Gasteiger partial charge on any atom is 0.341 e. The van der Waals surface area contributed by atoms with E-state index in [0.717, 1.165) is 18.2 Å². The fourth-order valence-corrected chi connectivity index (χ4v) is 3.83. The first-order chi connectivity index (χ1) is 11.3. The largest absolute Gasteiger partial charge is 0.457 e. The number of hydrogen-bond acceptors (Lipinski definition) is 3. The number of benzene rings is 2. The summed E-state index contributed by atoms with van der Waals surface area (Å²) in [6.45, 7) is 0. The lowest BCUT2D eigenvalue weighted by Gasteiger charge is -2.14. The SMILES string of the molecule is O=S(=O)(c1ccc(Oc2cc(F)cc(F)c2)c2c1CCC2)C(F)F. The predicted octanol–water partition coefficient (Wildman–Crippen LogP) is 4.24. The zero-order chi connectivity index (χ0) is 17.5. The van der Waals surface area contributed by atoms with Crippen molar-refractivity contribution >= 4 is 9.84 Å². The molecule has 128 valence electrons. The van der Waals surface area contributed by atoms with E-state index in [2.05, 4.69) is 0 Å². The van der Waals surface area contributed by atoms with Gasteiger partial charge in [0, 0.05) is 18.2 Å². The molecule has 0 atom stereocenters. The van der Waals surface area contributed by atoms with E-state index in [-0.39, 0.29) is 17.1 Å². The zero-order valence-corrected chi connectivity index (χ0v) is 13.0. The third-order valence-corrected chi connectivity index (χ3v) is 5.27. The Morgan fingerprint density at radius 1 is 0.958 bits per heavy atom. The maximum atomic E-state index is 13.2. The summed E-state index contributed by atoms with van der Waals surface area (Å²) in [5.74, 6) is -5.03. The number of alkyl halides is 2. The normalized spacial score (nSPS) is 14.0. The molecule has 0 unspecified atom stereocenters. The van der Waals surface area contributed by atoms with Crippen LogP contribution in [-0.4, -0.2) is 14.2 Å². The molecule has 0 saturated heterocycles. The molecular formula is C16H12F4O3S. The Labute approximate surface area is 135 Å². The summed E-state index contributed by atoms with van der Waals surface area (Å²) in [5.41, 5.74) is 0.756. The topological polar surface area (TPSA) is 43.4 Å². The Morgan fingerprint density at radius 3 is 2.21 bits per heavy atom. The van der Waals surface area contributed by atoms with Crippen molar-refractivity contribution in [1.29, 1.82) is 0 Å². The van der Waals surface area contributed by atoms with Gasteiger partial charge >= 0.3 is 5.76 Å². The summed E-state index contributed by atoms with van der Waals surface area (Å²) >= 11 is 0. The summed E-state index contributed by atoms with van der Waals surface area (Å²) in [6.07, 6.45) is 1.35. The molecule has 0 aromatic heterocycles. The smallest absolute Gasteiger partial charge is 0.341 e. The van der Waals surface area contributed by atoms with E-state index in [0.29, 0.717) is 30.9 Å². The lowest BCUT2D eigenvalue weighted by molar-refractivity contribution is 0.234. The van der Waals surface area contributed by atoms with E-state index in [4.69, 9.17) is 4.74 Å². The molecule has 0 spiro atoms. The molecule has 2 aromatic rings. The van der Waals surface area contributed by atoms with Crippen molar-refractivity contribution in [2.75, 3.05) is 0 Å². The third-order valence-electron chi connectivity index (χ3n) is 3.80. The van der Waals surface area contributed by atoms with E-state index in [1.54, 1.807) is 0 Å². The summed E-state index contributed by atoms with van der Waals surface area (Å²) in [6, 6.07) is 4.94. The van der Waals surface area contributed by atoms with E-state index in [1.165, 1.54) is 6.07 Å². The lowest BCUT2D eigenvalue weighted by Crippen LogP contribution is -2.14. The second kappa shape index (κ2) is 6.08. The monoisotopic (exact) mass is 360 g/mol. The van der Waals surface area contributed by atoms with E-state index in [9.17, 15) is 26.0 Å². The predicted molar refractivity (Wildman–Crippen MR) is 78.1 cm³/mol. The molecule has 1 aliphatic carbocycles. The van der Waals surface area contributed by atoms with Crippen LogP contribution in [0.3, 0.4) is 0 Å². The summed E-state index contributed by atoms with van der Waals surface area (Å²) < 4.78 is 81.0. The Balaban J connectivity index is 2.04. The molecule has 2 aromatic carbocycles. The molecule has 0 bridgehead atoms. The Morgan fingerprint density at radius 2 is 1.58 bits per heavy atom. The van der Waals surface area contributed by atoms with Gasteiger partial charge in [-0.3, -0.25) is 0 Å². The number of halogens is 4. The first-order valence-corrected chi connectivity index (χ1v) is 8.64. The lowest BCUT2D eigenvalue weighted by atomic mass is 10.1. The van der Waals surface area contributed by atoms with Crippen LogP contribution in [0.2, 0.25) is 0 Å². The highest BCUT2D eigenvalue weighted by atomic mass is 32.2. The summed E-state index contributed by atoms with van der Waals surface area (Å²) in [7, 11) is -4.71. The van der Waals surface area contributed by atoms with Crippen molar-refractivity contribution in [1.82, 2.24) is 0 Å². The number of fused-ring (bicyclic) bond motifs is 1. The van der Waals surface area contributed by atoms with Crippen molar-refractivity contribution in [3.63, 3.8) is 0 Å². The minimum Gasteiger partial charge on any atom is -0.457 e. The van der Waals surface area contributed by atoms with Crippen molar-refractivity contribution in [2.24, 2.45) is 0 Å². The van der Waals surface area contributed by atoms with Crippen LogP contribution in [-0.2, 0) is 22.7 Å². The first-order valence-electron chi connectivity index (χ1n) is 7.10. The van der Waals surface area contributed by atoms with Gasteiger partial charge in [0.1, 0.15) is 23.1 Å². The van der Waals surface area contributed by atoms with Crippen LogP contribution < -0.4 is 4.74 Å². The van der Waals surface area contributed by atoms with Gasteiger partial charge in [-0.1, -0.05) is 0 Å². The number of ether oxygens (including phenoxy) is 1. The van der Waals surface area contributed by atoms with Crippen molar-refractivity contribution in [2.45, 2.75) is 29.9 Å². The van der Waals surface area contributed by atoms with Crippen LogP contribution in [0, 0.1) is 11.6 Å². The summed E-state index contributed by atoms with van der Waals surface area (Å²) in [4.78, 5) is -0.414. The number of sulfone groups is 1. The Kier molecular flexibility index (Phi) is 4.25. The van der Waals surface area contributed by atoms with E-state index < -0.39 is 32.1 Å². The van der Waals surface area contributed by atoms with Crippen LogP contribution in [0.15, 0.2) is 35.2 Å². The van der Waals surface area contributed by atoms with Gasteiger partial charge < -0.3 is 4.74 Å². The molecule has 0 saturated carbocycles. The molecule has 3 nitrogen and oxygen atoms in total. The van der Waals surface area contributed by atoms with Crippen LogP contribution in [0.5, 0.6) is 11.5 Å². The zero-order valence-electron chi connectivity index (χ0n) is 12.2. The van der Waals surface area contributed by atoms with Gasteiger partial charge in [0.25, 0.3) is 0 Å². The molecule has 3 rings (SSSR count). The molecule has 1 aliphatic rings. The molecule has 0 N–H and O–H groups in total. The molecule has 8 heteroatoms. The number of rotatable bonds is 4. The van der Waals surface area contributed by atoms with Gasteiger partial charge in [-0.25, -0.2) is 17.2 Å². The summed E-state index contributed by atoms with van der Waals surface area (Å²) in [5, 5.41) is 0. The van der Waals surface area contributed by atoms with Crippen LogP contribution in [0.1, 0.15) is 17.5 Å². The average Bonchev–Trinajstić information content (AvgIpc) is 2.95. The molecule has 0 aliphatic heterocycles. The van der Waals surface area contributed by atoms with Gasteiger partial charge in [0.05, 0.1) is 4.90 Å². The van der Waals surface area contributed by atoms with Gasteiger partial charge in [0.2, 0.25) is 9.84 Å². The van der Waals surface area contributed by atoms with Crippen molar-refractivity contribution in [3.8, 4) is 11.5 Å². The van der Waals surface area contributed by atoms with Gasteiger partial charge in [-0.15, -0.1) is 0 Å². The van der Waals surface area contributed by atoms with Gasteiger partial charge in [-0.05, 0) is 42.5 Å². The van der Waals surface area contributed by atoms with Gasteiger partial charge in [-0.2, -0.15) is 8.78 Å². The average molecular weight is 360 g/mol. The Bertz CT molecular complexity index is 874. The maximum absolute atomic E-state index is 13.2.